The van der Waals surface area contributed by atoms with Crippen molar-refractivity contribution in [2.24, 2.45) is 0 Å². The van der Waals surface area contributed by atoms with Gasteiger partial charge in [-0.15, -0.1) is 23.7 Å². The van der Waals surface area contributed by atoms with Gasteiger partial charge in [0.15, 0.2) is 17.3 Å². The van der Waals surface area contributed by atoms with Crippen LogP contribution in [0.15, 0.2) is 18.2 Å². The Bertz CT molecular complexity index is 978. The molecule has 1 aromatic heterocycles. The van der Waals surface area contributed by atoms with Crippen molar-refractivity contribution in [1.82, 2.24) is 9.88 Å². The fraction of sp³-hybridized carbons (Fsp3) is 0.520. The van der Waals surface area contributed by atoms with Gasteiger partial charge in [-0.25, -0.2) is 14.2 Å². The van der Waals surface area contributed by atoms with E-state index in [-0.39, 0.29) is 22.7 Å². The number of nitrogens with zero attached hydrogens (tertiary/aromatic N) is 2. The smallest absolute Gasteiger partial charge is 0.355 e. The van der Waals surface area contributed by atoms with Crippen molar-refractivity contribution >= 4 is 17.3 Å². The molecule has 7 heteroatoms. The minimum Gasteiger partial charge on any atom is -0.491 e. The van der Waals surface area contributed by atoms with Crippen LogP contribution in [0.1, 0.15) is 64.5 Å². The molecule has 0 amide bonds. The number of carbonyl (C=O) groups is 1. The molecule has 32 heavy (non-hydrogen) atoms. The third-order valence-electron chi connectivity index (χ3n) is 6.04. The fourth-order valence-electron chi connectivity index (χ4n) is 4.06. The van der Waals surface area contributed by atoms with Gasteiger partial charge in [-0.3, -0.25) is 0 Å². The van der Waals surface area contributed by atoms with Crippen LogP contribution >= 0.6 is 11.3 Å². The topological polar surface area (TPSA) is 62.7 Å². The molecule has 1 heterocycles. The second kappa shape index (κ2) is 10.9. The molecular weight excluding hydrogens is 427 g/mol. The number of terminal acetylenes is 1. The van der Waals surface area contributed by atoms with E-state index in [1.165, 1.54) is 11.3 Å². The third kappa shape index (κ3) is 6.30. The largest absolute Gasteiger partial charge is 0.491 e. The Kier molecular flexibility index (Phi) is 8.27. The van der Waals surface area contributed by atoms with E-state index in [4.69, 9.17) is 11.2 Å². The van der Waals surface area contributed by atoms with Crippen molar-refractivity contribution in [3.63, 3.8) is 0 Å². The first kappa shape index (κ1) is 24.2. The maximum atomic E-state index is 14.7. The Morgan fingerprint density at radius 1 is 1.38 bits per heavy atom. The molecule has 1 aliphatic carbocycles. The van der Waals surface area contributed by atoms with Gasteiger partial charge in [0.25, 0.3) is 0 Å². The Morgan fingerprint density at radius 2 is 2.16 bits per heavy atom. The van der Waals surface area contributed by atoms with Crippen LogP contribution in [0.25, 0.3) is 0 Å². The molecule has 172 valence electrons. The van der Waals surface area contributed by atoms with Crippen molar-refractivity contribution in [3.05, 3.63) is 45.2 Å². The molecule has 0 spiro atoms. The summed E-state index contributed by atoms with van der Waals surface area (Å²) in [5.74, 6) is 1.57. The Hall–Kier alpha value is -2.43. The van der Waals surface area contributed by atoms with Crippen LogP contribution in [0, 0.1) is 25.1 Å². The summed E-state index contributed by atoms with van der Waals surface area (Å²) in [6.45, 7) is 4.01. The van der Waals surface area contributed by atoms with E-state index in [2.05, 4.69) is 22.9 Å². The Labute approximate surface area is 193 Å². The van der Waals surface area contributed by atoms with Gasteiger partial charge in [0, 0.05) is 17.8 Å². The van der Waals surface area contributed by atoms with Crippen LogP contribution in [-0.2, 0) is 11.8 Å². The van der Waals surface area contributed by atoms with Gasteiger partial charge in [-0.1, -0.05) is 6.07 Å². The highest BCUT2D eigenvalue weighted by Crippen LogP contribution is 2.52. The number of thiazole rings is 1. The SMILES string of the molecule is C#CCCN(C)CCCC1(c2ccc(OCCCc3sc(C)nc3C(=O)O)c(F)c2)CC1. The molecular formula is C25H31FN2O3S. The number of halogens is 1. The van der Waals surface area contributed by atoms with Gasteiger partial charge in [-0.05, 0) is 82.2 Å². The van der Waals surface area contributed by atoms with E-state index in [0.29, 0.717) is 19.4 Å². The highest BCUT2D eigenvalue weighted by molar-refractivity contribution is 7.11. The second-order valence-corrected chi connectivity index (χ2v) is 9.84. The van der Waals surface area contributed by atoms with Gasteiger partial charge in [-0.2, -0.15) is 0 Å². The summed E-state index contributed by atoms with van der Waals surface area (Å²) >= 11 is 1.38. The van der Waals surface area contributed by atoms with Gasteiger partial charge in [0.05, 0.1) is 11.6 Å². The molecule has 0 aliphatic heterocycles. The number of carboxylic acid groups (broad SMARTS) is 1. The zero-order chi connectivity index (χ0) is 23.1. The first-order valence-corrected chi connectivity index (χ1v) is 11.9. The number of benzene rings is 1. The maximum absolute atomic E-state index is 14.7. The zero-order valence-electron chi connectivity index (χ0n) is 18.8. The van der Waals surface area contributed by atoms with Crippen molar-refractivity contribution in [2.75, 3.05) is 26.7 Å². The molecule has 2 aromatic rings. The van der Waals surface area contributed by atoms with Crippen molar-refractivity contribution in [2.45, 2.75) is 57.3 Å². The van der Waals surface area contributed by atoms with E-state index >= 15 is 0 Å². The summed E-state index contributed by atoms with van der Waals surface area (Å²) in [5.41, 5.74) is 1.27. The van der Waals surface area contributed by atoms with E-state index < -0.39 is 5.97 Å². The van der Waals surface area contributed by atoms with Gasteiger partial charge in [0.1, 0.15) is 0 Å². The summed E-state index contributed by atoms with van der Waals surface area (Å²) in [5, 5.41) is 9.95. The lowest BCUT2D eigenvalue weighted by molar-refractivity contribution is 0.0690. The highest BCUT2D eigenvalue weighted by Gasteiger charge is 2.43. The summed E-state index contributed by atoms with van der Waals surface area (Å²) in [6, 6.07) is 5.34. The number of aryl methyl sites for hydroxylation is 2. The average molecular weight is 459 g/mol. The predicted octanol–water partition coefficient (Wildman–Crippen LogP) is 5.07. The molecule has 1 aromatic carbocycles. The molecule has 1 fully saturated rings. The fourth-order valence-corrected chi connectivity index (χ4v) is 5.03. The summed E-state index contributed by atoms with van der Waals surface area (Å²) in [7, 11) is 2.08. The summed E-state index contributed by atoms with van der Waals surface area (Å²) in [6.07, 6.45) is 11.5. The number of carboxylic acids is 1. The lowest BCUT2D eigenvalue weighted by Gasteiger charge is -2.20. The Morgan fingerprint density at radius 3 is 2.81 bits per heavy atom. The average Bonchev–Trinajstić information content (AvgIpc) is 3.45. The van der Waals surface area contributed by atoms with E-state index in [1.54, 1.807) is 19.1 Å². The quantitative estimate of drug-likeness (QED) is 0.336. The molecule has 3 rings (SSSR count). The number of hydrogen-bond donors (Lipinski definition) is 1. The molecule has 5 nitrogen and oxygen atoms in total. The molecule has 1 N–H and O–H groups in total. The normalized spacial score (nSPS) is 14.3. The van der Waals surface area contributed by atoms with Crippen LogP contribution in [0.3, 0.4) is 0 Å². The summed E-state index contributed by atoms with van der Waals surface area (Å²) in [4.78, 5) is 18.3. The van der Waals surface area contributed by atoms with Crippen molar-refractivity contribution in [3.8, 4) is 18.1 Å². The van der Waals surface area contributed by atoms with Crippen molar-refractivity contribution < 1.29 is 19.0 Å². The number of ether oxygens (including phenoxy) is 1. The van der Waals surface area contributed by atoms with Crippen molar-refractivity contribution in [1.29, 1.82) is 0 Å². The van der Waals surface area contributed by atoms with Crippen LogP contribution in [0.5, 0.6) is 5.75 Å². The molecule has 0 saturated heterocycles. The number of aromatic carboxylic acids is 1. The lowest BCUT2D eigenvalue weighted by atomic mass is 9.90. The predicted molar refractivity (Wildman–Crippen MR) is 125 cm³/mol. The molecule has 0 unspecified atom stereocenters. The van der Waals surface area contributed by atoms with Crippen LogP contribution in [-0.4, -0.2) is 47.7 Å². The highest BCUT2D eigenvalue weighted by atomic mass is 32.1. The molecule has 1 saturated carbocycles. The van der Waals surface area contributed by atoms with Crippen LogP contribution in [0.2, 0.25) is 0 Å². The molecule has 0 atom stereocenters. The minimum absolute atomic E-state index is 0.101. The van der Waals surface area contributed by atoms with Crippen LogP contribution in [0.4, 0.5) is 4.39 Å². The number of hydrogen-bond acceptors (Lipinski definition) is 5. The van der Waals surface area contributed by atoms with E-state index in [0.717, 1.165) is 60.6 Å². The van der Waals surface area contributed by atoms with E-state index in [9.17, 15) is 14.3 Å². The number of rotatable bonds is 13. The van der Waals surface area contributed by atoms with Gasteiger partial charge < -0.3 is 14.7 Å². The lowest BCUT2D eigenvalue weighted by Crippen LogP contribution is -2.22. The first-order chi connectivity index (χ1) is 15.3. The monoisotopic (exact) mass is 458 g/mol. The standard InChI is InChI=1S/C25H31FN2O3S/c1-4-5-14-28(3)15-7-11-25(12-13-25)19-9-10-21(20(26)17-19)31-16-6-8-22-23(24(29)30)27-18(2)32-22/h1,9-10,17H,5-8,11-16H2,2-3H3,(H,29,30). The van der Waals surface area contributed by atoms with Gasteiger partial charge >= 0.3 is 5.97 Å². The number of aromatic nitrogens is 1. The second-order valence-electron chi connectivity index (χ2n) is 8.55. The zero-order valence-corrected chi connectivity index (χ0v) is 19.6. The molecule has 0 radical (unpaired) electrons. The third-order valence-corrected chi connectivity index (χ3v) is 7.07. The van der Waals surface area contributed by atoms with E-state index in [1.807, 2.05) is 6.07 Å². The summed E-state index contributed by atoms with van der Waals surface area (Å²) < 4.78 is 20.3. The maximum Gasteiger partial charge on any atom is 0.355 e. The molecule has 1 aliphatic rings. The first-order valence-electron chi connectivity index (χ1n) is 11.1. The van der Waals surface area contributed by atoms with Gasteiger partial charge in [0.2, 0.25) is 0 Å². The minimum atomic E-state index is -1.01. The molecule has 0 bridgehead atoms. The Balaban J connectivity index is 1.48. The van der Waals surface area contributed by atoms with Crippen LogP contribution < -0.4 is 4.74 Å².